The van der Waals surface area contributed by atoms with E-state index in [0.29, 0.717) is 18.7 Å². The standard InChI is InChI=1S/C12H16Cl2N2O2/c1-4-18-12(2,3)7-16-11(17)8-5-9(13)10(14)15-6-8/h5-6H,4,7H2,1-3H3,(H,16,17). The molecule has 1 aromatic rings. The lowest BCUT2D eigenvalue weighted by Gasteiger charge is -2.24. The molecule has 1 N–H and O–H groups in total. The van der Waals surface area contributed by atoms with Gasteiger partial charge in [-0.1, -0.05) is 23.2 Å². The Kier molecular flexibility index (Phi) is 5.38. The number of aromatic nitrogens is 1. The lowest BCUT2D eigenvalue weighted by atomic mass is 10.1. The molecule has 0 aromatic carbocycles. The molecule has 18 heavy (non-hydrogen) atoms. The first-order valence-electron chi connectivity index (χ1n) is 5.59. The maximum Gasteiger partial charge on any atom is 0.253 e. The highest BCUT2D eigenvalue weighted by Gasteiger charge is 2.19. The first-order valence-corrected chi connectivity index (χ1v) is 6.34. The van der Waals surface area contributed by atoms with E-state index in [-0.39, 0.29) is 16.1 Å². The smallest absolute Gasteiger partial charge is 0.253 e. The van der Waals surface area contributed by atoms with Gasteiger partial charge in [0, 0.05) is 19.3 Å². The Morgan fingerprint density at radius 3 is 2.72 bits per heavy atom. The van der Waals surface area contributed by atoms with E-state index in [1.165, 1.54) is 12.3 Å². The van der Waals surface area contributed by atoms with Gasteiger partial charge in [-0.3, -0.25) is 4.79 Å². The second-order valence-corrected chi connectivity index (χ2v) is 5.14. The van der Waals surface area contributed by atoms with Crippen molar-refractivity contribution in [3.05, 3.63) is 28.0 Å². The molecule has 4 nitrogen and oxygen atoms in total. The third-order valence-corrected chi connectivity index (χ3v) is 2.95. The highest BCUT2D eigenvalue weighted by atomic mass is 35.5. The number of hydrogen-bond donors (Lipinski definition) is 1. The molecule has 0 saturated carbocycles. The summed E-state index contributed by atoms with van der Waals surface area (Å²) in [7, 11) is 0. The molecule has 1 heterocycles. The van der Waals surface area contributed by atoms with E-state index in [1.54, 1.807) is 0 Å². The van der Waals surface area contributed by atoms with Gasteiger partial charge in [0.25, 0.3) is 5.91 Å². The van der Waals surface area contributed by atoms with Crippen molar-refractivity contribution in [1.29, 1.82) is 0 Å². The molecular formula is C12H16Cl2N2O2. The molecule has 0 bridgehead atoms. The monoisotopic (exact) mass is 290 g/mol. The van der Waals surface area contributed by atoms with E-state index in [4.69, 9.17) is 27.9 Å². The van der Waals surface area contributed by atoms with E-state index in [1.807, 2.05) is 20.8 Å². The van der Waals surface area contributed by atoms with Gasteiger partial charge in [-0.05, 0) is 26.8 Å². The second kappa shape index (κ2) is 6.36. The van der Waals surface area contributed by atoms with Crippen LogP contribution in [0.2, 0.25) is 10.2 Å². The van der Waals surface area contributed by atoms with Crippen molar-refractivity contribution in [2.24, 2.45) is 0 Å². The molecule has 1 rings (SSSR count). The van der Waals surface area contributed by atoms with Crippen LogP contribution >= 0.6 is 23.2 Å². The zero-order valence-electron chi connectivity index (χ0n) is 10.6. The number of rotatable bonds is 5. The number of nitrogens with one attached hydrogen (secondary N) is 1. The van der Waals surface area contributed by atoms with Crippen molar-refractivity contribution < 1.29 is 9.53 Å². The lowest BCUT2D eigenvalue weighted by Crippen LogP contribution is -2.40. The predicted octanol–water partition coefficient (Wildman–Crippen LogP) is 2.93. The molecule has 0 aliphatic heterocycles. The highest BCUT2D eigenvalue weighted by molar-refractivity contribution is 6.41. The molecule has 0 unspecified atom stereocenters. The largest absolute Gasteiger partial charge is 0.374 e. The summed E-state index contributed by atoms with van der Waals surface area (Å²) in [6, 6.07) is 1.49. The molecule has 0 atom stereocenters. The molecule has 0 spiro atoms. The summed E-state index contributed by atoms with van der Waals surface area (Å²) in [5, 5.41) is 3.21. The van der Waals surface area contributed by atoms with Crippen LogP contribution in [0.4, 0.5) is 0 Å². The summed E-state index contributed by atoms with van der Waals surface area (Å²) >= 11 is 11.5. The number of amides is 1. The van der Waals surface area contributed by atoms with Gasteiger partial charge < -0.3 is 10.1 Å². The predicted molar refractivity (Wildman–Crippen MR) is 72.3 cm³/mol. The molecule has 0 aliphatic carbocycles. The second-order valence-electron chi connectivity index (χ2n) is 4.37. The third kappa shape index (κ3) is 4.44. The zero-order chi connectivity index (χ0) is 13.8. The summed E-state index contributed by atoms with van der Waals surface area (Å²) in [5.74, 6) is -0.256. The molecular weight excluding hydrogens is 275 g/mol. The number of carbonyl (C=O) groups excluding carboxylic acids is 1. The van der Waals surface area contributed by atoms with Gasteiger partial charge in [0.1, 0.15) is 5.15 Å². The van der Waals surface area contributed by atoms with Crippen molar-refractivity contribution in [1.82, 2.24) is 10.3 Å². The Bertz CT molecular complexity index is 436. The van der Waals surface area contributed by atoms with Crippen LogP contribution in [-0.4, -0.2) is 29.6 Å². The van der Waals surface area contributed by atoms with Crippen molar-refractivity contribution in [3.8, 4) is 0 Å². The fourth-order valence-corrected chi connectivity index (χ4v) is 1.65. The van der Waals surface area contributed by atoms with Crippen LogP contribution in [0.3, 0.4) is 0 Å². The Labute approximate surface area is 117 Å². The third-order valence-electron chi connectivity index (χ3n) is 2.27. The average molecular weight is 291 g/mol. The minimum absolute atomic E-state index is 0.183. The molecule has 6 heteroatoms. The van der Waals surface area contributed by atoms with Gasteiger partial charge in [-0.15, -0.1) is 0 Å². The summed E-state index contributed by atoms with van der Waals surface area (Å²) in [6.45, 7) is 6.72. The fourth-order valence-electron chi connectivity index (χ4n) is 1.38. The number of nitrogens with zero attached hydrogens (tertiary/aromatic N) is 1. The fraction of sp³-hybridized carbons (Fsp3) is 0.500. The summed E-state index contributed by atoms with van der Waals surface area (Å²) < 4.78 is 5.48. The van der Waals surface area contributed by atoms with E-state index in [9.17, 15) is 4.79 Å². The van der Waals surface area contributed by atoms with Crippen molar-refractivity contribution in [2.45, 2.75) is 26.4 Å². The van der Waals surface area contributed by atoms with E-state index >= 15 is 0 Å². The summed E-state index contributed by atoms with van der Waals surface area (Å²) in [4.78, 5) is 15.7. The van der Waals surface area contributed by atoms with E-state index in [0.717, 1.165) is 0 Å². The van der Waals surface area contributed by atoms with Gasteiger partial charge in [0.2, 0.25) is 0 Å². The van der Waals surface area contributed by atoms with E-state index in [2.05, 4.69) is 10.3 Å². The highest BCUT2D eigenvalue weighted by Crippen LogP contribution is 2.19. The van der Waals surface area contributed by atoms with Crippen LogP contribution in [-0.2, 0) is 4.74 Å². The van der Waals surface area contributed by atoms with Gasteiger partial charge >= 0.3 is 0 Å². The Balaban J connectivity index is 2.63. The molecule has 0 fully saturated rings. The maximum absolute atomic E-state index is 11.9. The SMILES string of the molecule is CCOC(C)(C)CNC(=O)c1cnc(Cl)c(Cl)c1. The number of hydrogen-bond acceptors (Lipinski definition) is 3. The van der Waals surface area contributed by atoms with Crippen LogP contribution in [0.5, 0.6) is 0 Å². The molecule has 0 radical (unpaired) electrons. The Hall–Kier alpha value is -0.840. The number of halogens is 2. The Morgan fingerprint density at radius 2 is 2.17 bits per heavy atom. The maximum atomic E-state index is 11.9. The lowest BCUT2D eigenvalue weighted by molar-refractivity contribution is -0.00815. The van der Waals surface area contributed by atoms with Crippen LogP contribution in [0.1, 0.15) is 31.1 Å². The summed E-state index contributed by atoms with van der Waals surface area (Å²) in [5.41, 5.74) is -0.0367. The molecule has 1 amide bonds. The minimum atomic E-state index is -0.409. The molecule has 0 saturated heterocycles. The first-order chi connectivity index (χ1) is 8.35. The van der Waals surface area contributed by atoms with Crippen molar-refractivity contribution in [2.75, 3.05) is 13.2 Å². The average Bonchev–Trinajstić information content (AvgIpc) is 2.30. The van der Waals surface area contributed by atoms with Gasteiger partial charge in [0.15, 0.2) is 0 Å². The number of pyridine rings is 1. The van der Waals surface area contributed by atoms with Crippen LogP contribution in [0.25, 0.3) is 0 Å². The van der Waals surface area contributed by atoms with Crippen molar-refractivity contribution >= 4 is 29.1 Å². The topological polar surface area (TPSA) is 51.2 Å². The Morgan fingerprint density at radius 1 is 1.50 bits per heavy atom. The van der Waals surface area contributed by atoms with Crippen LogP contribution in [0, 0.1) is 0 Å². The quantitative estimate of drug-likeness (QED) is 0.849. The molecule has 1 aromatic heterocycles. The van der Waals surface area contributed by atoms with Crippen LogP contribution in [0.15, 0.2) is 12.3 Å². The minimum Gasteiger partial charge on any atom is -0.374 e. The molecule has 0 aliphatic rings. The zero-order valence-corrected chi connectivity index (χ0v) is 12.1. The summed E-state index contributed by atoms with van der Waals surface area (Å²) in [6.07, 6.45) is 1.39. The number of ether oxygens (including phenoxy) is 1. The van der Waals surface area contributed by atoms with Crippen molar-refractivity contribution in [3.63, 3.8) is 0 Å². The normalized spacial score (nSPS) is 11.4. The van der Waals surface area contributed by atoms with Gasteiger partial charge in [-0.25, -0.2) is 4.98 Å². The van der Waals surface area contributed by atoms with Gasteiger partial charge in [0.05, 0.1) is 16.2 Å². The number of carbonyl (C=O) groups is 1. The molecule has 100 valence electrons. The van der Waals surface area contributed by atoms with Gasteiger partial charge in [-0.2, -0.15) is 0 Å². The van der Waals surface area contributed by atoms with Crippen LogP contribution < -0.4 is 5.32 Å². The van der Waals surface area contributed by atoms with E-state index < -0.39 is 5.60 Å². The first kappa shape index (κ1) is 15.2.